The van der Waals surface area contributed by atoms with Crippen molar-refractivity contribution >= 4 is 29.1 Å². The average Bonchev–Trinajstić information content (AvgIpc) is 2.98. The van der Waals surface area contributed by atoms with Crippen LogP contribution in [-0.2, 0) is 9.59 Å². The maximum absolute atomic E-state index is 13.7. The van der Waals surface area contributed by atoms with Gasteiger partial charge in [0.1, 0.15) is 6.17 Å². The Labute approximate surface area is 191 Å². The number of benzene rings is 1. The first kappa shape index (κ1) is 22.6. The third-order valence-corrected chi connectivity index (χ3v) is 7.49. The molecular formula is C26H35N3O3. The van der Waals surface area contributed by atoms with Crippen LogP contribution in [-0.4, -0.2) is 34.5 Å². The summed E-state index contributed by atoms with van der Waals surface area (Å²) in [5, 5.41) is 3.04. The molecule has 0 spiro atoms. The van der Waals surface area contributed by atoms with Crippen molar-refractivity contribution in [1.29, 1.82) is 0 Å². The Morgan fingerprint density at radius 3 is 2.19 bits per heavy atom. The summed E-state index contributed by atoms with van der Waals surface area (Å²) in [6, 6.07) is 3.90. The lowest BCUT2D eigenvalue weighted by molar-refractivity contribution is -0.143. The van der Waals surface area contributed by atoms with E-state index in [0.717, 1.165) is 48.1 Å². The van der Waals surface area contributed by atoms with Crippen molar-refractivity contribution in [1.82, 2.24) is 10.2 Å². The molecule has 2 fully saturated rings. The number of allylic oxidation sites excluding steroid dienone is 1. The number of aryl methyl sites for hydroxylation is 2. The highest BCUT2D eigenvalue weighted by Crippen LogP contribution is 2.41. The number of hydrogen-bond donors (Lipinski definition) is 1. The van der Waals surface area contributed by atoms with Crippen LogP contribution in [0.4, 0.5) is 10.5 Å². The van der Waals surface area contributed by atoms with Crippen LogP contribution >= 0.6 is 0 Å². The van der Waals surface area contributed by atoms with E-state index in [9.17, 15) is 14.4 Å². The Bertz CT molecular complexity index is 986. The molecule has 1 saturated carbocycles. The number of nitrogens with zero attached hydrogens (tertiary/aromatic N) is 2. The van der Waals surface area contributed by atoms with Gasteiger partial charge in [-0.05, 0) is 82.7 Å². The van der Waals surface area contributed by atoms with Gasteiger partial charge < -0.3 is 5.32 Å². The van der Waals surface area contributed by atoms with E-state index in [4.69, 9.17) is 0 Å². The fourth-order valence-corrected chi connectivity index (χ4v) is 5.71. The van der Waals surface area contributed by atoms with Gasteiger partial charge in [-0.25, -0.2) is 4.79 Å². The number of imide groups is 1. The molecule has 0 aromatic heterocycles. The third kappa shape index (κ3) is 3.54. The molecule has 1 saturated heterocycles. The van der Waals surface area contributed by atoms with Crippen LogP contribution in [0.3, 0.4) is 0 Å². The van der Waals surface area contributed by atoms with E-state index in [1.807, 2.05) is 27.7 Å². The fraction of sp³-hybridized carbons (Fsp3) is 0.577. The maximum atomic E-state index is 13.7. The van der Waals surface area contributed by atoms with Crippen molar-refractivity contribution in [3.8, 4) is 0 Å². The Morgan fingerprint density at radius 2 is 1.62 bits per heavy atom. The van der Waals surface area contributed by atoms with Crippen molar-refractivity contribution in [2.24, 2.45) is 11.8 Å². The van der Waals surface area contributed by atoms with Crippen LogP contribution in [0.25, 0.3) is 5.57 Å². The van der Waals surface area contributed by atoms with Gasteiger partial charge in [0.05, 0.1) is 23.1 Å². The zero-order valence-electron chi connectivity index (χ0n) is 20.1. The molecule has 1 N–H and O–H groups in total. The van der Waals surface area contributed by atoms with Crippen LogP contribution < -0.4 is 10.2 Å². The van der Waals surface area contributed by atoms with Gasteiger partial charge in [-0.15, -0.1) is 0 Å². The lowest BCUT2D eigenvalue weighted by Gasteiger charge is -2.42. The number of urea groups is 1. The normalized spacial score (nSPS) is 25.2. The third-order valence-electron chi connectivity index (χ3n) is 7.49. The predicted octanol–water partition coefficient (Wildman–Crippen LogP) is 4.93. The van der Waals surface area contributed by atoms with Gasteiger partial charge in [0, 0.05) is 5.56 Å². The van der Waals surface area contributed by atoms with Crippen molar-refractivity contribution in [3.05, 3.63) is 34.9 Å². The fourth-order valence-electron chi connectivity index (χ4n) is 5.71. The summed E-state index contributed by atoms with van der Waals surface area (Å²) in [6.45, 7) is 12.1. The first-order chi connectivity index (χ1) is 15.1. The lowest BCUT2D eigenvalue weighted by atomic mass is 9.81. The summed E-state index contributed by atoms with van der Waals surface area (Å²) in [7, 11) is 0. The lowest BCUT2D eigenvalue weighted by Crippen LogP contribution is -2.59. The molecule has 2 aliphatic heterocycles. The van der Waals surface area contributed by atoms with Gasteiger partial charge in [0.15, 0.2) is 0 Å². The molecule has 0 bridgehead atoms. The number of carbonyl (C=O) groups excluding carboxylic acids is 3. The van der Waals surface area contributed by atoms with Crippen molar-refractivity contribution in [2.75, 3.05) is 4.90 Å². The Morgan fingerprint density at radius 1 is 1.06 bits per heavy atom. The quantitative estimate of drug-likeness (QED) is 0.682. The summed E-state index contributed by atoms with van der Waals surface area (Å²) >= 11 is 0. The van der Waals surface area contributed by atoms with Crippen molar-refractivity contribution in [3.63, 3.8) is 0 Å². The van der Waals surface area contributed by atoms with Crippen LogP contribution in [0.5, 0.6) is 0 Å². The zero-order chi connectivity index (χ0) is 23.4. The molecule has 1 aromatic carbocycles. The Hall–Kier alpha value is -2.63. The van der Waals surface area contributed by atoms with E-state index in [2.05, 4.69) is 37.4 Å². The second kappa shape index (κ2) is 8.05. The zero-order valence-corrected chi connectivity index (χ0v) is 20.1. The topological polar surface area (TPSA) is 69.7 Å². The number of nitrogens with one attached hydrogen (secondary N) is 1. The highest BCUT2D eigenvalue weighted by atomic mass is 16.2. The molecule has 1 aromatic rings. The monoisotopic (exact) mass is 437 g/mol. The maximum Gasteiger partial charge on any atom is 0.324 e. The minimum atomic E-state index is -0.633. The minimum absolute atomic E-state index is 0.118. The summed E-state index contributed by atoms with van der Waals surface area (Å²) in [6.07, 6.45) is 5.46. The van der Waals surface area contributed by atoms with Gasteiger partial charge in [0.25, 0.3) is 0 Å². The number of amides is 4. The average molecular weight is 438 g/mol. The summed E-state index contributed by atoms with van der Waals surface area (Å²) in [4.78, 5) is 43.0. The largest absolute Gasteiger partial charge is 0.324 e. The number of rotatable bonds is 3. The highest BCUT2D eigenvalue weighted by molar-refractivity contribution is 6.06. The number of carbonyl (C=O) groups is 3. The van der Waals surface area contributed by atoms with Crippen LogP contribution in [0.2, 0.25) is 0 Å². The molecule has 4 amide bonds. The van der Waals surface area contributed by atoms with E-state index in [1.165, 1.54) is 10.5 Å². The van der Waals surface area contributed by atoms with Crippen LogP contribution in [0, 0.1) is 25.7 Å². The number of fused-ring (bicyclic) bond motifs is 2. The summed E-state index contributed by atoms with van der Waals surface area (Å²) in [5.74, 6) is -0.671. The number of likely N-dealkylation sites (tertiary alicyclic amines) is 1. The van der Waals surface area contributed by atoms with E-state index < -0.39 is 11.7 Å². The highest BCUT2D eigenvalue weighted by Gasteiger charge is 2.51. The van der Waals surface area contributed by atoms with E-state index in [-0.39, 0.29) is 29.7 Å². The van der Waals surface area contributed by atoms with Crippen LogP contribution in [0.15, 0.2) is 18.2 Å². The molecule has 3 aliphatic rings. The van der Waals surface area contributed by atoms with Gasteiger partial charge in [-0.1, -0.05) is 25.8 Å². The van der Waals surface area contributed by atoms with Crippen LogP contribution in [0.1, 0.15) is 76.5 Å². The molecule has 32 heavy (non-hydrogen) atoms. The minimum Gasteiger partial charge on any atom is -0.317 e. The van der Waals surface area contributed by atoms with E-state index in [1.54, 1.807) is 4.90 Å². The van der Waals surface area contributed by atoms with Gasteiger partial charge in [-0.3, -0.25) is 19.4 Å². The molecule has 0 radical (unpaired) electrons. The summed E-state index contributed by atoms with van der Waals surface area (Å²) in [5.41, 5.74) is 4.78. The predicted molar refractivity (Wildman–Crippen MR) is 126 cm³/mol. The first-order valence-electron chi connectivity index (χ1n) is 11.9. The van der Waals surface area contributed by atoms with Crippen molar-refractivity contribution < 1.29 is 14.4 Å². The van der Waals surface area contributed by atoms with Gasteiger partial charge in [-0.2, -0.15) is 0 Å². The number of anilines is 1. The summed E-state index contributed by atoms with van der Waals surface area (Å²) < 4.78 is 0. The SMILES string of the molecule is CC[C@@H](NC(=O)N1c2cc(C)c(C)cc2C(C)=CC1(C)C)N1C(=O)[C@H]2CCCC[C@H]2C1=O. The molecule has 0 unspecified atom stereocenters. The molecule has 172 valence electrons. The Kier molecular flexibility index (Phi) is 5.68. The molecular weight excluding hydrogens is 402 g/mol. The van der Waals surface area contributed by atoms with Crippen molar-refractivity contribution in [2.45, 2.75) is 85.4 Å². The molecule has 2 heterocycles. The smallest absolute Gasteiger partial charge is 0.317 e. The van der Waals surface area contributed by atoms with Gasteiger partial charge in [0.2, 0.25) is 11.8 Å². The van der Waals surface area contributed by atoms with Gasteiger partial charge >= 0.3 is 6.03 Å². The molecule has 3 atom stereocenters. The molecule has 6 nitrogen and oxygen atoms in total. The molecule has 4 rings (SSSR count). The number of hydrogen-bond acceptors (Lipinski definition) is 3. The Balaban J connectivity index is 1.65. The molecule has 1 aliphatic carbocycles. The second-order valence-corrected chi connectivity index (χ2v) is 10.2. The standard InChI is InChI=1S/C26H35N3O3/c1-7-22(28-23(30)18-10-8-9-11-19(18)24(28)31)27-25(32)29-21-13-16(3)15(2)12-20(21)17(4)14-26(29,5)6/h12-14,18-19,22H,7-11H2,1-6H3,(H,27,32)/t18-,19+,22-/m0/s1. The second-order valence-electron chi connectivity index (χ2n) is 10.2. The molecule has 6 heteroatoms. The first-order valence-corrected chi connectivity index (χ1v) is 11.9. The van der Waals surface area contributed by atoms with E-state index in [0.29, 0.717) is 6.42 Å². The van der Waals surface area contributed by atoms with E-state index >= 15 is 0 Å².